The molecule has 106 valence electrons. The summed E-state index contributed by atoms with van der Waals surface area (Å²) in [6.45, 7) is 0. The normalized spacial score (nSPS) is 10.7. The minimum atomic E-state index is -3.50. The van der Waals surface area contributed by atoms with Crippen molar-refractivity contribution in [2.45, 2.75) is 4.90 Å². The summed E-state index contributed by atoms with van der Waals surface area (Å²) in [6.07, 6.45) is 1.05. The zero-order valence-electron chi connectivity index (χ0n) is 11.2. The lowest BCUT2D eigenvalue weighted by Gasteiger charge is -2.09. The largest absolute Gasteiger partial charge is 0.322 e. The van der Waals surface area contributed by atoms with Gasteiger partial charge in [-0.3, -0.25) is 4.79 Å². The molecule has 0 saturated carbocycles. The van der Waals surface area contributed by atoms with Crippen molar-refractivity contribution in [3.05, 3.63) is 59.7 Å². The number of anilines is 1. The van der Waals surface area contributed by atoms with Crippen LogP contribution in [0.3, 0.4) is 0 Å². The van der Waals surface area contributed by atoms with Gasteiger partial charge < -0.3 is 5.32 Å². The molecule has 0 radical (unpaired) electrons. The highest BCUT2D eigenvalue weighted by atomic mass is 32.2. The van der Waals surface area contributed by atoms with E-state index in [1.54, 1.807) is 30.3 Å². The molecule has 6 heteroatoms. The van der Waals surface area contributed by atoms with Gasteiger partial charge in [0, 0.05) is 11.9 Å². The minimum absolute atomic E-state index is 0.0288. The standard InChI is InChI=1S/C15H12N2O3S/c1-21(19,20)14-8-3-2-7-13(14)15(18)17-12-6-4-5-11(9-12)10-16/h2-9H,1H3,(H,17,18). The Morgan fingerprint density at radius 2 is 1.86 bits per heavy atom. The highest BCUT2D eigenvalue weighted by Crippen LogP contribution is 2.18. The zero-order chi connectivity index (χ0) is 15.5. The first-order valence-electron chi connectivity index (χ1n) is 6.02. The van der Waals surface area contributed by atoms with Crippen LogP contribution in [0.4, 0.5) is 5.69 Å². The number of carbonyl (C=O) groups is 1. The first-order valence-corrected chi connectivity index (χ1v) is 7.91. The second-order valence-electron chi connectivity index (χ2n) is 4.42. The Hall–Kier alpha value is -2.65. The Bertz CT molecular complexity index is 836. The SMILES string of the molecule is CS(=O)(=O)c1ccccc1C(=O)Nc1cccc(C#N)c1. The van der Waals surface area contributed by atoms with Crippen LogP contribution < -0.4 is 5.32 Å². The number of carbonyl (C=O) groups excluding carboxylic acids is 1. The molecule has 1 amide bonds. The van der Waals surface area contributed by atoms with Gasteiger partial charge in [0.2, 0.25) is 0 Å². The molecule has 0 bridgehead atoms. The molecule has 2 rings (SSSR count). The van der Waals surface area contributed by atoms with E-state index in [2.05, 4.69) is 5.32 Å². The van der Waals surface area contributed by atoms with Gasteiger partial charge in [-0.25, -0.2) is 8.42 Å². The topological polar surface area (TPSA) is 87.0 Å². The van der Waals surface area contributed by atoms with Gasteiger partial charge in [0.15, 0.2) is 9.84 Å². The lowest BCUT2D eigenvalue weighted by Crippen LogP contribution is -2.16. The molecule has 0 aromatic heterocycles. The van der Waals surface area contributed by atoms with Gasteiger partial charge >= 0.3 is 0 Å². The van der Waals surface area contributed by atoms with Crippen LogP contribution in [0.1, 0.15) is 15.9 Å². The van der Waals surface area contributed by atoms with Crippen molar-refractivity contribution < 1.29 is 13.2 Å². The van der Waals surface area contributed by atoms with Gasteiger partial charge in [0.05, 0.1) is 22.1 Å². The Balaban J connectivity index is 2.36. The van der Waals surface area contributed by atoms with Crippen LogP contribution in [0.5, 0.6) is 0 Å². The number of nitriles is 1. The number of amides is 1. The fraction of sp³-hybridized carbons (Fsp3) is 0.0667. The summed E-state index contributed by atoms with van der Waals surface area (Å²) < 4.78 is 23.4. The molecule has 0 atom stereocenters. The predicted octanol–water partition coefficient (Wildman–Crippen LogP) is 2.21. The average molecular weight is 300 g/mol. The van der Waals surface area contributed by atoms with Gasteiger partial charge in [-0.05, 0) is 30.3 Å². The summed E-state index contributed by atoms with van der Waals surface area (Å²) in [5.41, 5.74) is 0.911. The number of nitrogens with zero attached hydrogens (tertiary/aromatic N) is 1. The third-order valence-corrected chi connectivity index (χ3v) is 3.94. The number of rotatable bonds is 3. The van der Waals surface area contributed by atoms with Crippen LogP contribution in [0.15, 0.2) is 53.4 Å². The molecular formula is C15H12N2O3S. The Labute approximate surface area is 122 Å². The van der Waals surface area contributed by atoms with E-state index in [1.165, 1.54) is 18.2 Å². The molecular weight excluding hydrogens is 288 g/mol. The number of hydrogen-bond acceptors (Lipinski definition) is 4. The smallest absolute Gasteiger partial charge is 0.256 e. The molecule has 0 heterocycles. The van der Waals surface area contributed by atoms with Gasteiger partial charge in [0.1, 0.15) is 0 Å². The van der Waals surface area contributed by atoms with E-state index < -0.39 is 15.7 Å². The van der Waals surface area contributed by atoms with E-state index in [-0.39, 0.29) is 10.5 Å². The van der Waals surface area contributed by atoms with Crippen LogP contribution in [0.25, 0.3) is 0 Å². The fourth-order valence-electron chi connectivity index (χ4n) is 1.84. The molecule has 0 saturated heterocycles. The van der Waals surface area contributed by atoms with Crippen LogP contribution in [0, 0.1) is 11.3 Å². The van der Waals surface area contributed by atoms with E-state index in [0.29, 0.717) is 11.3 Å². The van der Waals surface area contributed by atoms with Crippen molar-refractivity contribution >= 4 is 21.4 Å². The van der Waals surface area contributed by atoms with Gasteiger partial charge in [-0.15, -0.1) is 0 Å². The van der Waals surface area contributed by atoms with E-state index in [0.717, 1.165) is 6.26 Å². The molecule has 0 unspecified atom stereocenters. The number of sulfone groups is 1. The van der Waals surface area contributed by atoms with Crippen molar-refractivity contribution in [1.29, 1.82) is 5.26 Å². The van der Waals surface area contributed by atoms with Crippen molar-refractivity contribution in [3.8, 4) is 6.07 Å². The third-order valence-electron chi connectivity index (χ3n) is 2.78. The molecule has 2 aromatic rings. The Kier molecular flexibility index (Phi) is 4.05. The third kappa shape index (κ3) is 3.46. The van der Waals surface area contributed by atoms with Crippen molar-refractivity contribution in [2.24, 2.45) is 0 Å². The molecule has 0 spiro atoms. The summed E-state index contributed by atoms with van der Waals surface area (Å²) in [7, 11) is -3.50. The second-order valence-corrected chi connectivity index (χ2v) is 6.40. The van der Waals surface area contributed by atoms with Crippen LogP contribution in [-0.4, -0.2) is 20.6 Å². The maximum atomic E-state index is 12.2. The summed E-state index contributed by atoms with van der Waals surface area (Å²) in [6, 6.07) is 14.3. The van der Waals surface area contributed by atoms with E-state index in [9.17, 15) is 13.2 Å². The average Bonchev–Trinajstić information content (AvgIpc) is 2.46. The summed E-state index contributed by atoms with van der Waals surface area (Å²) in [4.78, 5) is 12.2. The lowest BCUT2D eigenvalue weighted by atomic mass is 10.2. The Morgan fingerprint density at radius 1 is 1.14 bits per heavy atom. The zero-order valence-corrected chi connectivity index (χ0v) is 12.0. The summed E-state index contributed by atoms with van der Waals surface area (Å²) in [5, 5.41) is 11.4. The quantitative estimate of drug-likeness (QED) is 0.941. The van der Waals surface area contributed by atoms with Gasteiger partial charge in [-0.1, -0.05) is 18.2 Å². The molecule has 5 nitrogen and oxygen atoms in total. The van der Waals surface area contributed by atoms with Crippen LogP contribution in [0.2, 0.25) is 0 Å². The fourth-order valence-corrected chi connectivity index (χ4v) is 2.73. The van der Waals surface area contributed by atoms with Crippen molar-refractivity contribution in [3.63, 3.8) is 0 Å². The summed E-state index contributed by atoms with van der Waals surface area (Å²) >= 11 is 0. The number of benzene rings is 2. The summed E-state index contributed by atoms with van der Waals surface area (Å²) in [5.74, 6) is -0.536. The predicted molar refractivity (Wildman–Crippen MR) is 78.7 cm³/mol. The lowest BCUT2D eigenvalue weighted by molar-refractivity contribution is 0.102. The number of nitrogens with one attached hydrogen (secondary N) is 1. The van der Waals surface area contributed by atoms with E-state index in [1.807, 2.05) is 6.07 Å². The van der Waals surface area contributed by atoms with Crippen LogP contribution in [-0.2, 0) is 9.84 Å². The molecule has 0 fully saturated rings. The molecule has 2 aromatic carbocycles. The van der Waals surface area contributed by atoms with Gasteiger partial charge in [0.25, 0.3) is 5.91 Å². The Morgan fingerprint density at radius 3 is 2.52 bits per heavy atom. The molecule has 1 N–H and O–H groups in total. The van der Waals surface area contributed by atoms with E-state index in [4.69, 9.17) is 5.26 Å². The second kappa shape index (κ2) is 5.77. The molecule has 0 aliphatic carbocycles. The maximum Gasteiger partial charge on any atom is 0.256 e. The van der Waals surface area contributed by atoms with Crippen molar-refractivity contribution in [2.75, 3.05) is 11.6 Å². The van der Waals surface area contributed by atoms with Crippen molar-refractivity contribution in [1.82, 2.24) is 0 Å². The molecule has 0 aliphatic rings. The van der Waals surface area contributed by atoms with E-state index >= 15 is 0 Å². The molecule has 0 aliphatic heterocycles. The highest BCUT2D eigenvalue weighted by Gasteiger charge is 2.18. The molecule has 21 heavy (non-hydrogen) atoms. The van der Waals surface area contributed by atoms with Gasteiger partial charge in [-0.2, -0.15) is 5.26 Å². The first kappa shape index (κ1) is 14.8. The number of hydrogen-bond donors (Lipinski definition) is 1. The van der Waals surface area contributed by atoms with Crippen LogP contribution >= 0.6 is 0 Å². The highest BCUT2D eigenvalue weighted by molar-refractivity contribution is 7.90. The minimum Gasteiger partial charge on any atom is -0.322 e. The maximum absolute atomic E-state index is 12.2. The first-order chi connectivity index (χ1) is 9.91. The monoisotopic (exact) mass is 300 g/mol.